The molecule has 0 fully saturated rings. The lowest BCUT2D eigenvalue weighted by atomic mass is 10.2. The van der Waals surface area contributed by atoms with E-state index in [1.807, 2.05) is 6.92 Å². The molecule has 0 amide bonds. The third-order valence-electron chi connectivity index (χ3n) is 2.54. The standard InChI is InChI=1S/C12H18ClNO4S/c1-9(8-18-2)6-14-19(16,17)12-5-10(7-15)3-4-11(12)13/h3-5,9,14-15H,6-8H2,1-2H3. The van der Waals surface area contributed by atoms with Crippen molar-refractivity contribution in [1.29, 1.82) is 0 Å². The number of ether oxygens (including phenoxy) is 1. The van der Waals surface area contributed by atoms with Gasteiger partial charge in [0.25, 0.3) is 0 Å². The average Bonchev–Trinajstić information content (AvgIpc) is 2.37. The van der Waals surface area contributed by atoms with Gasteiger partial charge in [0, 0.05) is 20.3 Å². The van der Waals surface area contributed by atoms with Gasteiger partial charge in [-0.15, -0.1) is 0 Å². The fourth-order valence-corrected chi connectivity index (χ4v) is 3.24. The molecule has 1 aromatic rings. The van der Waals surface area contributed by atoms with Crippen LogP contribution < -0.4 is 4.72 Å². The Bertz CT molecular complexity index is 518. The summed E-state index contributed by atoms with van der Waals surface area (Å²) < 4.78 is 31.6. The van der Waals surface area contributed by atoms with Crippen molar-refractivity contribution < 1.29 is 18.3 Å². The maximum absolute atomic E-state index is 12.1. The molecule has 1 rings (SSSR count). The van der Waals surface area contributed by atoms with Gasteiger partial charge in [0.2, 0.25) is 10.0 Å². The molecule has 0 heterocycles. The Hall–Kier alpha value is -0.660. The number of methoxy groups -OCH3 is 1. The van der Waals surface area contributed by atoms with Gasteiger partial charge >= 0.3 is 0 Å². The molecule has 0 aliphatic carbocycles. The number of aliphatic hydroxyl groups is 1. The van der Waals surface area contributed by atoms with Gasteiger partial charge in [0.1, 0.15) is 4.90 Å². The Morgan fingerprint density at radius 2 is 2.16 bits per heavy atom. The summed E-state index contributed by atoms with van der Waals surface area (Å²) in [5.74, 6) is 0.0552. The molecule has 2 N–H and O–H groups in total. The molecule has 0 bridgehead atoms. The van der Waals surface area contributed by atoms with Crippen molar-refractivity contribution in [2.24, 2.45) is 5.92 Å². The second-order valence-corrected chi connectivity index (χ2v) is 6.48. The molecule has 0 aliphatic rings. The highest BCUT2D eigenvalue weighted by atomic mass is 35.5. The van der Waals surface area contributed by atoms with Crippen LogP contribution in [0, 0.1) is 5.92 Å². The molecule has 0 radical (unpaired) electrons. The van der Waals surface area contributed by atoms with E-state index in [9.17, 15) is 8.42 Å². The summed E-state index contributed by atoms with van der Waals surface area (Å²) in [5, 5.41) is 9.16. The van der Waals surface area contributed by atoms with Gasteiger partial charge in [-0.25, -0.2) is 13.1 Å². The van der Waals surface area contributed by atoms with Crippen LogP contribution in [0.2, 0.25) is 5.02 Å². The number of hydrogen-bond acceptors (Lipinski definition) is 4. The Kier molecular flexibility index (Phi) is 6.22. The normalized spacial score (nSPS) is 13.5. The highest BCUT2D eigenvalue weighted by molar-refractivity contribution is 7.89. The first kappa shape index (κ1) is 16.4. The largest absolute Gasteiger partial charge is 0.392 e. The van der Waals surface area contributed by atoms with E-state index >= 15 is 0 Å². The van der Waals surface area contributed by atoms with Crippen molar-refractivity contribution in [3.8, 4) is 0 Å². The highest BCUT2D eigenvalue weighted by Crippen LogP contribution is 2.22. The van der Waals surface area contributed by atoms with Crippen LogP contribution in [0.25, 0.3) is 0 Å². The summed E-state index contributed by atoms with van der Waals surface area (Å²) in [4.78, 5) is -0.0228. The zero-order chi connectivity index (χ0) is 14.5. The summed E-state index contributed by atoms with van der Waals surface area (Å²) >= 11 is 5.89. The molecule has 0 saturated heterocycles. The summed E-state index contributed by atoms with van der Waals surface area (Å²) in [6.07, 6.45) is 0. The number of aliphatic hydroxyl groups excluding tert-OH is 1. The molecule has 0 aromatic heterocycles. The van der Waals surface area contributed by atoms with Gasteiger partial charge in [-0.3, -0.25) is 0 Å². The van der Waals surface area contributed by atoms with Crippen molar-refractivity contribution in [1.82, 2.24) is 4.72 Å². The first-order valence-corrected chi connectivity index (χ1v) is 7.64. The zero-order valence-electron chi connectivity index (χ0n) is 10.9. The van der Waals surface area contributed by atoms with E-state index in [0.29, 0.717) is 12.2 Å². The van der Waals surface area contributed by atoms with Crippen LogP contribution in [0.1, 0.15) is 12.5 Å². The zero-order valence-corrected chi connectivity index (χ0v) is 12.5. The van der Waals surface area contributed by atoms with E-state index in [1.54, 1.807) is 13.2 Å². The van der Waals surface area contributed by atoms with Crippen LogP contribution in [0.5, 0.6) is 0 Å². The molecule has 0 spiro atoms. The average molecular weight is 308 g/mol. The lowest BCUT2D eigenvalue weighted by Crippen LogP contribution is -2.30. The van der Waals surface area contributed by atoms with Gasteiger partial charge in [-0.2, -0.15) is 0 Å². The van der Waals surface area contributed by atoms with Crippen molar-refractivity contribution in [2.75, 3.05) is 20.3 Å². The topological polar surface area (TPSA) is 75.6 Å². The minimum Gasteiger partial charge on any atom is -0.392 e. The third kappa shape index (κ3) is 4.74. The number of hydrogen-bond donors (Lipinski definition) is 2. The Balaban J connectivity index is 2.88. The minimum absolute atomic E-state index is 0.0228. The maximum Gasteiger partial charge on any atom is 0.242 e. The number of benzene rings is 1. The molecule has 108 valence electrons. The fraction of sp³-hybridized carbons (Fsp3) is 0.500. The predicted octanol–water partition coefficient (Wildman–Crippen LogP) is 1.39. The quantitative estimate of drug-likeness (QED) is 0.798. The van der Waals surface area contributed by atoms with Crippen molar-refractivity contribution >= 4 is 21.6 Å². The molecule has 19 heavy (non-hydrogen) atoms. The van der Waals surface area contributed by atoms with Crippen molar-refractivity contribution in [3.63, 3.8) is 0 Å². The van der Waals surface area contributed by atoms with E-state index in [2.05, 4.69) is 4.72 Å². The number of halogens is 1. The van der Waals surface area contributed by atoms with Gasteiger partial charge in [-0.05, 0) is 23.6 Å². The number of rotatable bonds is 7. The second kappa shape index (κ2) is 7.21. The molecule has 5 nitrogen and oxygen atoms in total. The Morgan fingerprint density at radius 3 is 2.74 bits per heavy atom. The molecule has 1 unspecified atom stereocenters. The van der Waals surface area contributed by atoms with Crippen LogP contribution in [0.15, 0.2) is 23.1 Å². The second-order valence-electron chi connectivity index (χ2n) is 4.34. The monoisotopic (exact) mass is 307 g/mol. The molecule has 7 heteroatoms. The van der Waals surface area contributed by atoms with E-state index in [-0.39, 0.29) is 29.0 Å². The van der Waals surface area contributed by atoms with Gasteiger partial charge in [-0.1, -0.05) is 24.6 Å². The van der Waals surface area contributed by atoms with Crippen molar-refractivity contribution in [3.05, 3.63) is 28.8 Å². The smallest absolute Gasteiger partial charge is 0.242 e. The predicted molar refractivity (Wildman–Crippen MR) is 73.6 cm³/mol. The summed E-state index contributed by atoms with van der Waals surface area (Å²) in [6.45, 7) is 2.36. The van der Waals surface area contributed by atoms with Crippen LogP contribution >= 0.6 is 11.6 Å². The first-order valence-electron chi connectivity index (χ1n) is 5.78. The van der Waals surface area contributed by atoms with Crippen LogP contribution in [-0.4, -0.2) is 33.8 Å². The van der Waals surface area contributed by atoms with E-state index < -0.39 is 10.0 Å². The van der Waals surface area contributed by atoms with Gasteiger partial charge in [0.15, 0.2) is 0 Å². The molecule has 0 aliphatic heterocycles. The molecule has 0 saturated carbocycles. The lowest BCUT2D eigenvalue weighted by Gasteiger charge is -2.13. The Labute approximate surface area is 118 Å². The fourth-order valence-electron chi connectivity index (χ4n) is 1.53. The van der Waals surface area contributed by atoms with Crippen molar-refractivity contribution in [2.45, 2.75) is 18.4 Å². The van der Waals surface area contributed by atoms with E-state index in [0.717, 1.165) is 0 Å². The van der Waals surface area contributed by atoms with Crippen LogP contribution in [0.4, 0.5) is 0 Å². The van der Waals surface area contributed by atoms with E-state index in [1.165, 1.54) is 12.1 Å². The molecule has 1 aromatic carbocycles. The van der Waals surface area contributed by atoms with Crippen LogP contribution in [0.3, 0.4) is 0 Å². The lowest BCUT2D eigenvalue weighted by molar-refractivity contribution is 0.161. The first-order chi connectivity index (χ1) is 8.90. The maximum atomic E-state index is 12.1. The Morgan fingerprint density at radius 1 is 1.47 bits per heavy atom. The number of sulfonamides is 1. The molecular formula is C12H18ClNO4S. The minimum atomic E-state index is -3.69. The molecule has 1 atom stereocenters. The van der Waals surface area contributed by atoms with E-state index in [4.69, 9.17) is 21.4 Å². The highest BCUT2D eigenvalue weighted by Gasteiger charge is 2.19. The van der Waals surface area contributed by atoms with Gasteiger partial charge in [0.05, 0.1) is 11.6 Å². The SMILES string of the molecule is COCC(C)CNS(=O)(=O)c1cc(CO)ccc1Cl. The molecular weight excluding hydrogens is 290 g/mol. The van der Waals surface area contributed by atoms with Crippen LogP contribution in [-0.2, 0) is 21.4 Å². The summed E-state index contributed by atoms with van der Waals surface area (Å²) in [6, 6.07) is 4.40. The van der Waals surface area contributed by atoms with Gasteiger partial charge < -0.3 is 9.84 Å². The summed E-state index contributed by atoms with van der Waals surface area (Å²) in [7, 11) is -2.12. The third-order valence-corrected chi connectivity index (χ3v) is 4.45. The number of nitrogens with one attached hydrogen (secondary N) is 1. The summed E-state index contributed by atoms with van der Waals surface area (Å²) in [5.41, 5.74) is 0.495.